The van der Waals surface area contributed by atoms with Crippen LogP contribution in [0, 0.1) is 0 Å². The minimum Gasteiger partial charge on any atom is -0.345 e. The molecule has 0 saturated heterocycles. The average molecular weight is 294 g/mol. The van der Waals surface area contributed by atoms with Gasteiger partial charge in [-0.05, 0) is 36.1 Å². The zero-order valence-electron chi connectivity index (χ0n) is 11.6. The molecule has 4 rings (SSSR count). The molecule has 0 aliphatic rings. The van der Waals surface area contributed by atoms with Crippen molar-refractivity contribution >= 4 is 33.8 Å². The number of hydrogen-bond donors (Lipinski definition) is 1. The van der Waals surface area contributed by atoms with Gasteiger partial charge in [-0.2, -0.15) is 0 Å². The number of nitrogens with zero attached hydrogens (tertiary/aromatic N) is 3. The zero-order valence-corrected chi connectivity index (χ0v) is 12.4. The van der Waals surface area contributed by atoms with Gasteiger partial charge in [0.25, 0.3) is 0 Å². The first-order valence-electron chi connectivity index (χ1n) is 6.76. The number of H-pyrrole nitrogens is 1. The molecule has 0 amide bonds. The monoisotopic (exact) mass is 294 g/mol. The van der Waals surface area contributed by atoms with Gasteiger partial charge in [0.05, 0.1) is 34.9 Å². The summed E-state index contributed by atoms with van der Waals surface area (Å²) in [6.07, 6.45) is 3.80. The molecule has 2 heterocycles. The van der Waals surface area contributed by atoms with Crippen molar-refractivity contribution in [2.24, 2.45) is 0 Å². The Morgan fingerprint density at radius 2 is 2.05 bits per heavy atom. The highest BCUT2D eigenvalue weighted by Crippen LogP contribution is 2.24. The molecule has 2 aromatic carbocycles. The van der Waals surface area contributed by atoms with Crippen molar-refractivity contribution in [2.75, 3.05) is 6.26 Å². The fourth-order valence-corrected chi connectivity index (χ4v) is 3.20. The molecule has 104 valence electrons. The van der Waals surface area contributed by atoms with Crippen LogP contribution in [0.15, 0.2) is 53.9 Å². The van der Waals surface area contributed by atoms with Gasteiger partial charge in [-0.1, -0.05) is 30.0 Å². The molecule has 0 spiro atoms. The van der Waals surface area contributed by atoms with Crippen LogP contribution in [0.3, 0.4) is 0 Å². The number of aromatic amines is 1. The number of para-hydroxylation sites is 2. The van der Waals surface area contributed by atoms with Crippen LogP contribution in [0.4, 0.5) is 0 Å². The molecular formula is C16H14N4S. The quantitative estimate of drug-likeness (QED) is 0.586. The molecule has 0 unspecified atom stereocenters. The Morgan fingerprint density at radius 1 is 1.14 bits per heavy atom. The second kappa shape index (κ2) is 4.93. The van der Waals surface area contributed by atoms with Crippen LogP contribution in [0.1, 0.15) is 5.56 Å². The summed E-state index contributed by atoms with van der Waals surface area (Å²) in [6, 6.07) is 14.6. The van der Waals surface area contributed by atoms with Crippen molar-refractivity contribution in [1.29, 1.82) is 0 Å². The third-order valence-corrected chi connectivity index (χ3v) is 4.30. The van der Waals surface area contributed by atoms with E-state index in [-0.39, 0.29) is 0 Å². The van der Waals surface area contributed by atoms with Crippen molar-refractivity contribution in [2.45, 2.75) is 11.7 Å². The van der Waals surface area contributed by atoms with Crippen molar-refractivity contribution in [1.82, 2.24) is 19.5 Å². The lowest BCUT2D eigenvalue weighted by molar-refractivity contribution is 0.733. The van der Waals surface area contributed by atoms with Gasteiger partial charge in [-0.25, -0.2) is 9.97 Å². The lowest BCUT2D eigenvalue weighted by atomic mass is 10.2. The second-order valence-electron chi connectivity index (χ2n) is 4.93. The predicted molar refractivity (Wildman–Crippen MR) is 86.7 cm³/mol. The summed E-state index contributed by atoms with van der Waals surface area (Å²) in [5.41, 5.74) is 5.53. The third-order valence-electron chi connectivity index (χ3n) is 3.63. The third kappa shape index (κ3) is 2.10. The highest BCUT2D eigenvalue weighted by Gasteiger charge is 2.10. The molecule has 21 heavy (non-hydrogen) atoms. The molecule has 4 nitrogen and oxygen atoms in total. The van der Waals surface area contributed by atoms with Gasteiger partial charge in [-0.15, -0.1) is 0 Å². The summed E-state index contributed by atoms with van der Waals surface area (Å²) in [7, 11) is 0. The van der Waals surface area contributed by atoms with Gasteiger partial charge in [-0.3, -0.25) is 0 Å². The van der Waals surface area contributed by atoms with E-state index in [1.54, 1.807) is 18.1 Å². The first kappa shape index (κ1) is 12.5. The number of hydrogen-bond acceptors (Lipinski definition) is 3. The Bertz CT molecular complexity index is 922. The maximum Gasteiger partial charge on any atom is 0.169 e. The number of benzene rings is 2. The van der Waals surface area contributed by atoms with E-state index in [1.165, 1.54) is 11.1 Å². The molecule has 0 fully saturated rings. The van der Waals surface area contributed by atoms with E-state index in [0.29, 0.717) is 0 Å². The van der Waals surface area contributed by atoms with Crippen LogP contribution >= 0.6 is 11.8 Å². The molecule has 0 bridgehead atoms. The van der Waals surface area contributed by atoms with Crippen molar-refractivity contribution in [3.8, 4) is 0 Å². The van der Waals surface area contributed by atoms with Gasteiger partial charge in [0, 0.05) is 0 Å². The molecule has 0 atom stereocenters. The molecule has 0 aliphatic carbocycles. The Kier molecular flexibility index (Phi) is 2.93. The Balaban J connectivity index is 1.82. The van der Waals surface area contributed by atoms with Crippen LogP contribution in [-0.2, 0) is 6.54 Å². The van der Waals surface area contributed by atoms with E-state index in [2.05, 4.69) is 62.2 Å². The van der Waals surface area contributed by atoms with Crippen LogP contribution in [0.5, 0.6) is 0 Å². The first-order valence-corrected chi connectivity index (χ1v) is 7.99. The second-order valence-corrected chi connectivity index (χ2v) is 5.70. The number of nitrogens with one attached hydrogen (secondary N) is 1. The summed E-state index contributed by atoms with van der Waals surface area (Å²) in [5.74, 6) is 0. The lowest BCUT2D eigenvalue weighted by Gasteiger charge is -2.08. The van der Waals surface area contributed by atoms with Gasteiger partial charge in [0.2, 0.25) is 0 Å². The molecule has 5 heteroatoms. The molecule has 0 aliphatic heterocycles. The van der Waals surface area contributed by atoms with Crippen LogP contribution in [0.25, 0.3) is 22.1 Å². The minimum atomic E-state index is 0.811. The molecule has 1 N–H and O–H groups in total. The van der Waals surface area contributed by atoms with Gasteiger partial charge >= 0.3 is 0 Å². The Hall–Kier alpha value is -2.27. The summed E-state index contributed by atoms with van der Waals surface area (Å²) < 4.78 is 2.26. The molecular weight excluding hydrogens is 280 g/mol. The largest absolute Gasteiger partial charge is 0.345 e. The number of rotatable bonds is 3. The fraction of sp³-hybridized carbons (Fsp3) is 0.125. The van der Waals surface area contributed by atoms with E-state index in [4.69, 9.17) is 0 Å². The SMILES string of the molecule is CSc1nc2ccccc2n1Cc1ccc2nc[nH]c2c1. The van der Waals surface area contributed by atoms with E-state index in [9.17, 15) is 0 Å². The summed E-state index contributed by atoms with van der Waals surface area (Å²) in [5, 5.41) is 1.04. The van der Waals surface area contributed by atoms with E-state index in [1.807, 2.05) is 6.07 Å². The lowest BCUT2D eigenvalue weighted by Crippen LogP contribution is -2.01. The van der Waals surface area contributed by atoms with Crippen LogP contribution < -0.4 is 0 Å². The average Bonchev–Trinajstić information content (AvgIpc) is 3.11. The highest BCUT2D eigenvalue weighted by atomic mass is 32.2. The van der Waals surface area contributed by atoms with Crippen molar-refractivity contribution in [3.05, 3.63) is 54.4 Å². The number of fused-ring (bicyclic) bond motifs is 2. The van der Waals surface area contributed by atoms with Crippen molar-refractivity contribution < 1.29 is 0 Å². The molecule has 4 aromatic rings. The summed E-state index contributed by atoms with van der Waals surface area (Å²) in [6.45, 7) is 0.811. The Morgan fingerprint density at radius 3 is 2.95 bits per heavy atom. The van der Waals surface area contributed by atoms with Crippen LogP contribution in [-0.4, -0.2) is 25.8 Å². The van der Waals surface area contributed by atoms with E-state index in [0.717, 1.165) is 28.3 Å². The van der Waals surface area contributed by atoms with Gasteiger partial charge < -0.3 is 9.55 Å². The normalized spacial score (nSPS) is 11.5. The van der Waals surface area contributed by atoms with E-state index < -0.39 is 0 Å². The fourth-order valence-electron chi connectivity index (χ4n) is 2.63. The van der Waals surface area contributed by atoms with Gasteiger partial charge in [0.15, 0.2) is 5.16 Å². The summed E-state index contributed by atoms with van der Waals surface area (Å²) >= 11 is 1.68. The summed E-state index contributed by atoms with van der Waals surface area (Å²) in [4.78, 5) is 12.1. The number of thioether (sulfide) groups is 1. The van der Waals surface area contributed by atoms with Crippen LogP contribution in [0.2, 0.25) is 0 Å². The highest BCUT2D eigenvalue weighted by molar-refractivity contribution is 7.98. The molecule has 0 saturated carbocycles. The van der Waals surface area contributed by atoms with Crippen molar-refractivity contribution in [3.63, 3.8) is 0 Å². The number of imidazole rings is 2. The molecule has 0 radical (unpaired) electrons. The smallest absolute Gasteiger partial charge is 0.169 e. The maximum absolute atomic E-state index is 4.69. The molecule has 2 aromatic heterocycles. The number of aromatic nitrogens is 4. The van der Waals surface area contributed by atoms with Gasteiger partial charge in [0.1, 0.15) is 0 Å². The maximum atomic E-state index is 4.69. The minimum absolute atomic E-state index is 0.811. The zero-order chi connectivity index (χ0) is 14.2. The predicted octanol–water partition coefficient (Wildman–Crippen LogP) is 3.68. The topological polar surface area (TPSA) is 46.5 Å². The van der Waals surface area contributed by atoms with E-state index >= 15 is 0 Å². The Labute approximate surface area is 126 Å². The first-order chi connectivity index (χ1) is 10.3. The standard InChI is InChI=1S/C16H14N4S/c1-21-16-19-13-4-2-3-5-15(13)20(16)9-11-6-7-12-14(8-11)18-10-17-12/h2-8,10H,9H2,1H3,(H,17,18).